The zero-order valence-corrected chi connectivity index (χ0v) is 12.1. The molecule has 0 spiro atoms. The largest absolute Gasteiger partial charge is 0.508 e. The van der Waals surface area contributed by atoms with Crippen LogP contribution in [0.1, 0.15) is 18.5 Å². The summed E-state index contributed by atoms with van der Waals surface area (Å²) in [6.45, 7) is 6.34. The van der Waals surface area contributed by atoms with Gasteiger partial charge in [0.25, 0.3) is 0 Å². The van der Waals surface area contributed by atoms with E-state index in [-0.39, 0.29) is 0 Å². The van der Waals surface area contributed by atoms with E-state index in [0.717, 1.165) is 26.2 Å². The Morgan fingerprint density at radius 2 is 2.26 bits per heavy atom. The summed E-state index contributed by atoms with van der Waals surface area (Å²) in [5, 5.41) is 13.1. The lowest BCUT2D eigenvalue weighted by Crippen LogP contribution is -2.52. The number of rotatable bonds is 4. The molecule has 2 unspecified atom stereocenters. The second-order valence-corrected chi connectivity index (χ2v) is 5.66. The standard InChI is InChI=1S/C15H25N3O/c1-12-10-16-7-8-18(12)15(11-17(2)3)13-5-4-6-14(19)9-13/h4-6,9,12,15-16,19H,7-8,10-11H2,1-3H3. The predicted molar refractivity (Wildman–Crippen MR) is 78.4 cm³/mol. The van der Waals surface area contributed by atoms with Gasteiger partial charge in [0.05, 0.1) is 0 Å². The normalized spacial score (nSPS) is 22.6. The fourth-order valence-electron chi connectivity index (χ4n) is 2.80. The van der Waals surface area contributed by atoms with E-state index in [4.69, 9.17) is 0 Å². The van der Waals surface area contributed by atoms with Crippen molar-refractivity contribution in [1.82, 2.24) is 15.1 Å². The first-order chi connectivity index (χ1) is 9.08. The van der Waals surface area contributed by atoms with Gasteiger partial charge in [-0.3, -0.25) is 4.90 Å². The Kier molecular flexibility index (Phi) is 4.80. The highest BCUT2D eigenvalue weighted by molar-refractivity contribution is 5.30. The minimum Gasteiger partial charge on any atom is -0.508 e. The highest BCUT2D eigenvalue weighted by Gasteiger charge is 2.27. The van der Waals surface area contributed by atoms with E-state index in [0.29, 0.717) is 17.8 Å². The number of nitrogens with zero attached hydrogens (tertiary/aromatic N) is 2. The Balaban J connectivity index is 2.24. The molecule has 1 aromatic rings. The zero-order chi connectivity index (χ0) is 13.8. The van der Waals surface area contributed by atoms with Crippen molar-refractivity contribution in [2.75, 3.05) is 40.3 Å². The van der Waals surface area contributed by atoms with Gasteiger partial charge in [-0.2, -0.15) is 0 Å². The molecular weight excluding hydrogens is 238 g/mol. The lowest BCUT2D eigenvalue weighted by Gasteiger charge is -2.41. The Hall–Kier alpha value is -1.10. The number of phenolic OH excluding ortho intramolecular Hbond substituents is 1. The third-order valence-corrected chi connectivity index (χ3v) is 3.75. The first-order valence-corrected chi connectivity index (χ1v) is 6.98. The summed E-state index contributed by atoms with van der Waals surface area (Å²) in [5.74, 6) is 0.351. The molecule has 0 aromatic heterocycles. The van der Waals surface area contributed by atoms with Crippen LogP contribution in [0.15, 0.2) is 24.3 Å². The molecule has 4 heteroatoms. The summed E-state index contributed by atoms with van der Waals surface area (Å²) in [6.07, 6.45) is 0. The van der Waals surface area contributed by atoms with Crippen molar-refractivity contribution in [2.45, 2.75) is 19.0 Å². The van der Waals surface area contributed by atoms with E-state index in [1.807, 2.05) is 12.1 Å². The molecule has 0 amide bonds. The molecule has 1 aliphatic heterocycles. The maximum atomic E-state index is 9.72. The molecule has 2 N–H and O–H groups in total. The number of phenols is 1. The van der Waals surface area contributed by atoms with Crippen molar-refractivity contribution in [2.24, 2.45) is 0 Å². The minimum atomic E-state index is 0.333. The Morgan fingerprint density at radius 3 is 2.89 bits per heavy atom. The molecule has 1 heterocycles. The van der Waals surface area contributed by atoms with Gasteiger partial charge in [0.1, 0.15) is 5.75 Å². The molecule has 0 bridgehead atoms. The zero-order valence-electron chi connectivity index (χ0n) is 12.1. The van der Waals surface area contributed by atoms with E-state index < -0.39 is 0 Å². The van der Waals surface area contributed by atoms with Crippen molar-refractivity contribution >= 4 is 0 Å². The first-order valence-electron chi connectivity index (χ1n) is 6.98. The molecule has 1 aliphatic rings. The van der Waals surface area contributed by atoms with Gasteiger partial charge < -0.3 is 15.3 Å². The molecule has 0 aliphatic carbocycles. The van der Waals surface area contributed by atoms with Gasteiger partial charge in [0.2, 0.25) is 0 Å². The van der Waals surface area contributed by atoms with E-state index in [9.17, 15) is 5.11 Å². The highest BCUT2D eigenvalue weighted by Crippen LogP contribution is 2.26. The van der Waals surface area contributed by atoms with Gasteiger partial charge in [-0.15, -0.1) is 0 Å². The summed E-state index contributed by atoms with van der Waals surface area (Å²) >= 11 is 0. The predicted octanol–water partition coefficient (Wildman–Crippen LogP) is 1.29. The first kappa shape index (κ1) is 14.3. The highest BCUT2D eigenvalue weighted by atomic mass is 16.3. The molecule has 106 valence electrons. The maximum absolute atomic E-state index is 9.72. The maximum Gasteiger partial charge on any atom is 0.115 e. The molecule has 4 nitrogen and oxygen atoms in total. The van der Waals surface area contributed by atoms with Crippen LogP contribution in [0.2, 0.25) is 0 Å². The van der Waals surface area contributed by atoms with Crippen molar-refractivity contribution in [1.29, 1.82) is 0 Å². The van der Waals surface area contributed by atoms with Crippen LogP contribution in [0.3, 0.4) is 0 Å². The molecule has 19 heavy (non-hydrogen) atoms. The van der Waals surface area contributed by atoms with Gasteiger partial charge >= 0.3 is 0 Å². The molecule has 0 radical (unpaired) electrons. The summed E-state index contributed by atoms with van der Waals surface area (Å²) in [5.41, 5.74) is 1.20. The topological polar surface area (TPSA) is 38.7 Å². The quantitative estimate of drug-likeness (QED) is 0.858. The Bertz CT molecular complexity index is 408. The van der Waals surface area contributed by atoms with E-state index in [2.05, 4.69) is 42.2 Å². The van der Waals surface area contributed by atoms with Gasteiger partial charge in [0, 0.05) is 38.3 Å². The third kappa shape index (κ3) is 3.69. The molecule has 1 saturated heterocycles. The number of hydrogen-bond donors (Lipinski definition) is 2. The number of benzene rings is 1. The van der Waals surface area contributed by atoms with E-state index >= 15 is 0 Å². The minimum absolute atomic E-state index is 0.333. The molecular formula is C15H25N3O. The van der Waals surface area contributed by atoms with Gasteiger partial charge in [0.15, 0.2) is 0 Å². The summed E-state index contributed by atoms with van der Waals surface area (Å²) < 4.78 is 0. The third-order valence-electron chi connectivity index (χ3n) is 3.75. The summed E-state index contributed by atoms with van der Waals surface area (Å²) in [4.78, 5) is 4.74. The van der Waals surface area contributed by atoms with Crippen LogP contribution in [0, 0.1) is 0 Å². The average Bonchev–Trinajstić information content (AvgIpc) is 2.37. The fourth-order valence-corrected chi connectivity index (χ4v) is 2.80. The van der Waals surface area contributed by atoms with Gasteiger partial charge in [-0.05, 0) is 38.7 Å². The Morgan fingerprint density at radius 1 is 1.47 bits per heavy atom. The van der Waals surface area contributed by atoms with Crippen molar-refractivity contribution in [3.8, 4) is 5.75 Å². The molecule has 1 aromatic carbocycles. The number of hydrogen-bond acceptors (Lipinski definition) is 4. The van der Waals surface area contributed by atoms with Crippen molar-refractivity contribution in [3.05, 3.63) is 29.8 Å². The van der Waals surface area contributed by atoms with Crippen LogP contribution in [-0.2, 0) is 0 Å². The van der Waals surface area contributed by atoms with Crippen LogP contribution >= 0.6 is 0 Å². The fraction of sp³-hybridized carbons (Fsp3) is 0.600. The van der Waals surface area contributed by atoms with Crippen molar-refractivity contribution in [3.63, 3.8) is 0 Å². The van der Waals surface area contributed by atoms with Crippen LogP contribution in [0.25, 0.3) is 0 Å². The second kappa shape index (κ2) is 6.37. The summed E-state index contributed by atoms with van der Waals surface area (Å²) in [6, 6.07) is 8.52. The number of likely N-dealkylation sites (N-methyl/N-ethyl adjacent to an activating group) is 1. The lowest BCUT2D eigenvalue weighted by atomic mass is 10.0. The van der Waals surface area contributed by atoms with Gasteiger partial charge in [-0.1, -0.05) is 12.1 Å². The van der Waals surface area contributed by atoms with Gasteiger partial charge in [-0.25, -0.2) is 0 Å². The van der Waals surface area contributed by atoms with E-state index in [1.54, 1.807) is 6.07 Å². The lowest BCUT2D eigenvalue weighted by molar-refractivity contribution is 0.0966. The van der Waals surface area contributed by atoms with Crippen molar-refractivity contribution < 1.29 is 5.11 Å². The number of aromatic hydroxyl groups is 1. The molecule has 0 saturated carbocycles. The average molecular weight is 263 g/mol. The second-order valence-electron chi connectivity index (χ2n) is 5.66. The number of piperazine rings is 1. The van der Waals surface area contributed by atoms with E-state index in [1.165, 1.54) is 5.56 Å². The molecule has 1 fully saturated rings. The molecule has 2 rings (SSSR count). The van der Waals surface area contributed by atoms with Crippen LogP contribution in [0.4, 0.5) is 0 Å². The smallest absolute Gasteiger partial charge is 0.115 e. The van der Waals surface area contributed by atoms with Crippen LogP contribution < -0.4 is 5.32 Å². The van der Waals surface area contributed by atoms with Crippen LogP contribution in [0.5, 0.6) is 5.75 Å². The summed E-state index contributed by atoms with van der Waals surface area (Å²) in [7, 11) is 4.20. The monoisotopic (exact) mass is 263 g/mol. The SMILES string of the molecule is CC1CNCCN1C(CN(C)C)c1cccc(O)c1. The number of nitrogens with one attached hydrogen (secondary N) is 1. The Labute approximate surface area is 116 Å². The molecule has 2 atom stereocenters. The van der Waals surface area contributed by atoms with Crippen LogP contribution in [-0.4, -0.2) is 61.2 Å².